The largest absolute Gasteiger partial charge is 0.481 e. The Morgan fingerprint density at radius 3 is 2.93 bits per heavy atom. The molecule has 1 spiro atoms. The molecule has 6 heteroatoms. The highest BCUT2D eigenvalue weighted by molar-refractivity contribution is 5.99. The number of carboxylic acid groups (broad SMARTS) is 1. The Morgan fingerprint density at radius 2 is 2.10 bits per heavy atom. The van der Waals surface area contributed by atoms with Gasteiger partial charge in [-0.3, -0.25) is 14.5 Å². The van der Waals surface area contributed by atoms with Crippen molar-refractivity contribution >= 4 is 17.6 Å². The summed E-state index contributed by atoms with van der Waals surface area (Å²) in [5, 5.41) is 7.42. The van der Waals surface area contributed by atoms with E-state index in [0.717, 1.165) is 13.5 Å². The van der Waals surface area contributed by atoms with Crippen LogP contribution in [0, 0.1) is 11.8 Å². The van der Waals surface area contributed by atoms with Crippen molar-refractivity contribution in [3.8, 4) is 0 Å². The smallest absolute Gasteiger partial charge is 0.300 e. The number of para-hydroxylation sites is 1. The first kappa shape index (κ1) is 17.7. The van der Waals surface area contributed by atoms with E-state index in [1.165, 1.54) is 30.6 Å². The Hall–Kier alpha value is -2.18. The molecule has 6 aliphatic rings. The number of benzene rings is 1. The molecule has 6 nitrogen and oxygen atoms in total. The lowest BCUT2D eigenvalue weighted by Crippen LogP contribution is -2.69. The van der Waals surface area contributed by atoms with Crippen LogP contribution >= 0.6 is 0 Å². The van der Waals surface area contributed by atoms with E-state index in [-0.39, 0.29) is 17.4 Å². The summed E-state index contributed by atoms with van der Waals surface area (Å²) in [6.07, 6.45) is 5.43. The number of ether oxygens (including phenoxy) is 1. The molecule has 6 atom stereocenters. The second kappa shape index (κ2) is 5.92. The van der Waals surface area contributed by atoms with E-state index in [4.69, 9.17) is 14.6 Å². The zero-order valence-electron chi connectivity index (χ0n) is 16.6. The van der Waals surface area contributed by atoms with E-state index in [1.54, 1.807) is 5.57 Å². The number of carbonyl (C=O) groups excluding carboxylic acids is 1. The van der Waals surface area contributed by atoms with E-state index in [9.17, 15) is 4.79 Å². The summed E-state index contributed by atoms with van der Waals surface area (Å²) >= 11 is 0. The minimum atomic E-state index is -0.833. The third-order valence-electron chi connectivity index (χ3n) is 8.22. The average Bonchev–Trinajstić information content (AvgIpc) is 3.15. The Bertz CT molecular complexity index is 939. The number of aliphatic carboxylic acids is 1. The van der Waals surface area contributed by atoms with Gasteiger partial charge in [-0.25, -0.2) is 0 Å². The minimum absolute atomic E-state index is 0.104. The monoisotopic (exact) mass is 394 g/mol. The molecule has 0 unspecified atom stereocenters. The topological polar surface area (TPSA) is 70.1 Å². The predicted molar refractivity (Wildman–Crippen MR) is 107 cm³/mol. The number of nitrogens with zero attached hydrogens (tertiary/aromatic N) is 2. The molecule has 2 bridgehead atoms. The van der Waals surface area contributed by atoms with Crippen molar-refractivity contribution in [2.45, 2.75) is 49.8 Å². The van der Waals surface area contributed by atoms with Gasteiger partial charge in [0.25, 0.3) is 5.97 Å². The summed E-state index contributed by atoms with van der Waals surface area (Å²) in [5.74, 6) is 0.516. The molecule has 1 amide bonds. The third kappa shape index (κ3) is 2.14. The fraction of sp³-hybridized carbons (Fsp3) is 0.565. The zero-order chi connectivity index (χ0) is 19.9. The summed E-state index contributed by atoms with van der Waals surface area (Å²) in [4.78, 5) is 27.1. The maximum atomic E-state index is 13.2. The molecule has 1 aromatic rings. The van der Waals surface area contributed by atoms with Gasteiger partial charge in [0.05, 0.1) is 25.2 Å². The van der Waals surface area contributed by atoms with Gasteiger partial charge in [-0.1, -0.05) is 29.8 Å². The number of fused-ring (bicyclic) bond motifs is 2. The maximum absolute atomic E-state index is 13.2. The summed E-state index contributed by atoms with van der Waals surface area (Å²) < 4.78 is 6.25. The van der Waals surface area contributed by atoms with Crippen LogP contribution in [0.4, 0.5) is 5.69 Å². The molecule has 0 radical (unpaired) electrons. The number of piperidine rings is 2. The van der Waals surface area contributed by atoms with Crippen molar-refractivity contribution in [2.75, 3.05) is 24.6 Å². The second-order valence-corrected chi connectivity index (χ2v) is 9.30. The van der Waals surface area contributed by atoms with Gasteiger partial charge in [0.15, 0.2) is 0 Å². The predicted octanol–water partition coefficient (Wildman–Crippen LogP) is 2.18. The van der Waals surface area contributed by atoms with E-state index >= 15 is 0 Å². The molecule has 152 valence electrons. The quantitative estimate of drug-likeness (QED) is 0.683. The molecule has 1 N–H and O–H groups in total. The first-order valence-corrected chi connectivity index (χ1v) is 10.7. The van der Waals surface area contributed by atoms with Crippen LogP contribution in [0.2, 0.25) is 0 Å². The number of amides is 1. The number of carbonyl (C=O) groups is 2. The van der Waals surface area contributed by atoms with Crippen molar-refractivity contribution in [2.24, 2.45) is 11.8 Å². The highest BCUT2D eigenvalue weighted by Gasteiger charge is 2.70. The number of anilines is 1. The summed E-state index contributed by atoms with van der Waals surface area (Å²) in [5.41, 5.74) is 4.35. The molecule has 3 saturated heterocycles. The van der Waals surface area contributed by atoms with Crippen LogP contribution in [0.1, 0.15) is 31.7 Å². The number of carboxylic acids is 1. The maximum Gasteiger partial charge on any atom is 0.300 e. The Kier molecular flexibility index (Phi) is 3.61. The molecule has 29 heavy (non-hydrogen) atoms. The Morgan fingerprint density at radius 1 is 1.31 bits per heavy atom. The van der Waals surface area contributed by atoms with E-state index < -0.39 is 5.97 Å². The molecule has 5 aliphatic heterocycles. The first-order valence-electron chi connectivity index (χ1n) is 10.7. The lowest BCUT2D eigenvalue weighted by Gasteiger charge is -2.58. The third-order valence-corrected chi connectivity index (χ3v) is 8.22. The van der Waals surface area contributed by atoms with Crippen LogP contribution in [0.15, 0.2) is 35.9 Å². The molecule has 1 aliphatic carbocycles. The van der Waals surface area contributed by atoms with Gasteiger partial charge >= 0.3 is 0 Å². The lowest BCUT2D eigenvalue weighted by atomic mass is 9.53. The Balaban J connectivity index is 0.000000382. The van der Waals surface area contributed by atoms with Crippen molar-refractivity contribution in [1.82, 2.24) is 4.90 Å². The van der Waals surface area contributed by atoms with Crippen LogP contribution in [0.5, 0.6) is 0 Å². The van der Waals surface area contributed by atoms with Crippen LogP contribution in [0.25, 0.3) is 0 Å². The number of hydrogen-bond acceptors (Lipinski definition) is 4. The van der Waals surface area contributed by atoms with E-state index in [2.05, 4.69) is 40.1 Å². The van der Waals surface area contributed by atoms with Crippen molar-refractivity contribution in [3.05, 3.63) is 41.5 Å². The SMILES string of the molecule is CC(=O)O.O=C1C[C@@H]2OCC=C3CN4CC[C@]56c7ccccc7N1[C@H]5[C@H]2[C@H]3C[C@H]46. The van der Waals surface area contributed by atoms with Gasteiger partial charge in [-0.05, 0) is 36.9 Å². The standard InChI is InChI=1S/C21H22N2O2.C2H4O2/c24-18-10-16-19-13-9-17-21(6-7-22(17)11-12(13)5-8-25-16)14-3-1-2-4-15(14)23(18)20(19)21;1-2(3)4/h1-5,13,16-17,19-20H,6-11H2;1H3,(H,3,4)/t13-,16-,17-,19-,20-,21+;/m0./s1. The van der Waals surface area contributed by atoms with Gasteiger partial charge in [0.2, 0.25) is 5.91 Å². The first-order chi connectivity index (χ1) is 14.0. The minimum Gasteiger partial charge on any atom is -0.481 e. The normalized spacial score (nSPS) is 40.4. The van der Waals surface area contributed by atoms with Gasteiger partial charge in [-0.15, -0.1) is 0 Å². The van der Waals surface area contributed by atoms with E-state index in [1.807, 2.05) is 0 Å². The van der Waals surface area contributed by atoms with Crippen LogP contribution < -0.4 is 4.90 Å². The Labute approximate surface area is 170 Å². The van der Waals surface area contributed by atoms with Crippen LogP contribution in [0.3, 0.4) is 0 Å². The van der Waals surface area contributed by atoms with E-state index in [0.29, 0.717) is 36.9 Å². The lowest BCUT2D eigenvalue weighted by molar-refractivity contribution is -0.134. The second-order valence-electron chi connectivity index (χ2n) is 9.30. The molecular weight excluding hydrogens is 368 g/mol. The highest BCUT2D eigenvalue weighted by atomic mass is 16.5. The van der Waals surface area contributed by atoms with Gasteiger partial charge < -0.3 is 14.7 Å². The zero-order valence-corrected chi connectivity index (χ0v) is 16.6. The van der Waals surface area contributed by atoms with Crippen LogP contribution in [-0.2, 0) is 19.7 Å². The van der Waals surface area contributed by atoms with Gasteiger partial charge in [-0.2, -0.15) is 0 Å². The molecule has 1 saturated carbocycles. The van der Waals surface area contributed by atoms with Crippen molar-refractivity contribution < 1.29 is 19.4 Å². The summed E-state index contributed by atoms with van der Waals surface area (Å²) in [6.45, 7) is 4.05. The number of hydrogen-bond donors (Lipinski definition) is 1. The average molecular weight is 394 g/mol. The highest BCUT2D eigenvalue weighted by Crippen LogP contribution is 2.65. The molecule has 0 aromatic heterocycles. The molecule has 7 rings (SSSR count). The summed E-state index contributed by atoms with van der Waals surface area (Å²) in [6, 6.07) is 9.64. The molecule has 4 fully saturated rings. The van der Waals surface area contributed by atoms with Crippen LogP contribution in [-0.4, -0.2) is 59.8 Å². The molecular formula is C23H26N2O4. The van der Waals surface area contributed by atoms with Gasteiger partial charge in [0, 0.05) is 36.5 Å². The van der Waals surface area contributed by atoms with Crippen molar-refractivity contribution in [1.29, 1.82) is 0 Å². The fourth-order valence-corrected chi connectivity index (χ4v) is 7.51. The van der Waals surface area contributed by atoms with Gasteiger partial charge in [0.1, 0.15) is 0 Å². The molecule has 1 aromatic carbocycles. The fourth-order valence-electron chi connectivity index (χ4n) is 7.51. The summed E-state index contributed by atoms with van der Waals surface area (Å²) in [7, 11) is 0. The molecule has 5 heterocycles. The van der Waals surface area contributed by atoms with Crippen molar-refractivity contribution in [3.63, 3.8) is 0 Å². The number of rotatable bonds is 0.